The van der Waals surface area contributed by atoms with Crippen molar-refractivity contribution in [2.24, 2.45) is 0 Å². The third-order valence-corrected chi connectivity index (χ3v) is 12.4. The van der Waals surface area contributed by atoms with Crippen LogP contribution in [0.3, 0.4) is 0 Å². The number of phenols is 1. The fraction of sp³-hybridized carbons (Fsp3) is 0.200. The van der Waals surface area contributed by atoms with Crippen molar-refractivity contribution in [2.75, 3.05) is 0 Å². The Morgan fingerprint density at radius 1 is 0.406 bits per heavy atom. The fourth-order valence-corrected chi connectivity index (χ4v) is 8.64. The standard InChI is InChI=1S/C60H57N3O/c1-58(2,3)45-28-29-53(49(36-45)40-22-15-11-16-23-40)63-54-27-19-26-48(55(54)62-57(63)51-38-47(60(7,8)9)37-50(56(51)64)41-24-17-12-18-25-41)43-32-44(34-46(33-43)59(4,5)6)52-35-42(30-31-61-52)39-20-13-10-14-21-39/h10-38,64H,1-9H3. The van der Waals surface area contributed by atoms with Gasteiger partial charge in [-0.3, -0.25) is 9.55 Å². The SMILES string of the molecule is CC(C)(C)c1cc(-c2cc(-c3ccccc3)ccn2)cc(-c2cccc3c2nc(-c2cc(C(C)(C)C)cc(-c4ccccc4)c2O)n3-c2ccc(C(C)(C)C)cc2-c2ccccc2)c1. The van der Waals surface area contributed by atoms with Gasteiger partial charge in [-0.2, -0.15) is 0 Å². The first-order valence-electron chi connectivity index (χ1n) is 22.4. The molecule has 0 spiro atoms. The second kappa shape index (κ2) is 16.3. The summed E-state index contributed by atoms with van der Waals surface area (Å²) in [5, 5.41) is 12.6. The average molecular weight is 836 g/mol. The lowest BCUT2D eigenvalue weighted by Crippen LogP contribution is -2.13. The van der Waals surface area contributed by atoms with Gasteiger partial charge in [0.25, 0.3) is 0 Å². The number of aromatic hydroxyl groups is 1. The molecule has 4 nitrogen and oxygen atoms in total. The number of aromatic nitrogens is 3. The summed E-state index contributed by atoms with van der Waals surface area (Å²) in [6.07, 6.45) is 1.91. The Kier molecular flexibility index (Phi) is 10.7. The molecule has 0 atom stereocenters. The lowest BCUT2D eigenvalue weighted by molar-refractivity contribution is 0.477. The third kappa shape index (κ3) is 8.17. The van der Waals surface area contributed by atoms with E-state index in [0.717, 1.165) is 78.0 Å². The number of para-hydroxylation sites is 1. The highest BCUT2D eigenvalue weighted by molar-refractivity contribution is 5.98. The van der Waals surface area contributed by atoms with E-state index in [0.29, 0.717) is 11.4 Å². The lowest BCUT2D eigenvalue weighted by atomic mass is 9.83. The number of pyridine rings is 1. The fourth-order valence-electron chi connectivity index (χ4n) is 8.64. The minimum atomic E-state index is -0.215. The molecular formula is C60H57N3O. The molecule has 0 saturated heterocycles. The maximum Gasteiger partial charge on any atom is 0.149 e. The molecule has 64 heavy (non-hydrogen) atoms. The molecule has 2 heterocycles. The normalized spacial score (nSPS) is 12.2. The molecule has 0 aliphatic heterocycles. The Balaban J connectivity index is 1.37. The van der Waals surface area contributed by atoms with Gasteiger partial charge in [-0.1, -0.05) is 178 Å². The summed E-state index contributed by atoms with van der Waals surface area (Å²) >= 11 is 0. The van der Waals surface area contributed by atoms with E-state index in [4.69, 9.17) is 9.97 Å². The predicted octanol–water partition coefficient (Wildman–Crippen LogP) is 16.0. The Bertz CT molecular complexity index is 3140. The van der Waals surface area contributed by atoms with Gasteiger partial charge in [0.2, 0.25) is 0 Å². The highest BCUT2D eigenvalue weighted by Crippen LogP contribution is 2.46. The maximum atomic E-state index is 12.6. The number of phenolic OH excluding ortho intramolecular Hbond substituents is 1. The summed E-state index contributed by atoms with van der Waals surface area (Å²) in [5.41, 5.74) is 16.8. The molecule has 0 aliphatic rings. The van der Waals surface area contributed by atoms with Gasteiger partial charge in [-0.05, 0) is 115 Å². The van der Waals surface area contributed by atoms with Crippen molar-refractivity contribution in [1.29, 1.82) is 0 Å². The predicted molar refractivity (Wildman–Crippen MR) is 269 cm³/mol. The van der Waals surface area contributed by atoms with Crippen molar-refractivity contribution in [3.8, 4) is 78.6 Å². The molecule has 2 aromatic heterocycles. The van der Waals surface area contributed by atoms with Crippen molar-refractivity contribution in [2.45, 2.75) is 78.6 Å². The van der Waals surface area contributed by atoms with Gasteiger partial charge in [0, 0.05) is 28.5 Å². The summed E-state index contributed by atoms with van der Waals surface area (Å²) in [6.45, 7) is 20.2. The molecule has 1 N–H and O–H groups in total. The van der Waals surface area contributed by atoms with Crippen molar-refractivity contribution in [1.82, 2.24) is 14.5 Å². The molecule has 9 rings (SSSR count). The molecule has 0 saturated carbocycles. The lowest BCUT2D eigenvalue weighted by Gasteiger charge is -2.24. The van der Waals surface area contributed by atoms with E-state index in [2.05, 4.69) is 212 Å². The second-order valence-corrected chi connectivity index (χ2v) is 20.2. The number of hydrogen-bond acceptors (Lipinski definition) is 3. The van der Waals surface area contributed by atoms with Crippen molar-refractivity contribution >= 4 is 11.0 Å². The van der Waals surface area contributed by atoms with Crippen LogP contribution in [0.4, 0.5) is 0 Å². The molecule has 0 aliphatic carbocycles. The quantitative estimate of drug-likeness (QED) is 0.174. The summed E-state index contributed by atoms with van der Waals surface area (Å²) in [7, 11) is 0. The maximum absolute atomic E-state index is 12.6. The molecule has 0 fully saturated rings. The first-order valence-corrected chi connectivity index (χ1v) is 22.4. The second-order valence-electron chi connectivity index (χ2n) is 20.2. The van der Waals surface area contributed by atoms with E-state index in [1.54, 1.807) is 0 Å². The average Bonchev–Trinajstić information content (AvgIpc) is 3.68. The third-order valence-electron chi connectivity index (χ3n) is 12.4. The first kappa shape index (κ1) is 42.3. The minimum Gasteiger partial charge on any atom is -0.507 e. The van der Waals surface area contributed by atoms with Crippen LogP contribution in [0.2, 0.25) is 0 Å². The Morgan fingerprint density at radius 3 is 1.58 bits per heavy atom. The van der Waals surface area contributed by atoms with E-state index >= 15 is 0 Å². The molecular weight excluding hydrogens is 779 g/mol. The Hall–Kier alpha value is -7.04. The van der Waals surface area contributed by atoms with Gasteiger partial charge in [-0.25, -0.2) is 4.98 Å². The topological polar surface area (TPSA) is 50.9 Å². The smallest absolute Gasteiger partial charge is 0.149 e. The van der Waals surface area contributed by atoms with E-state index in [1.165, 1.54) is 11.1 Å². The van der Waals surface area contributed by atoms with Gasteiger partial charge in [0.05, 0.1) is 28.0 Å². The van der Waals surface area contributed by atoms with Crippen LogP contribution in [0, 0.1) is 0 Å². The largest absolute Gasteiger partial charge is 0.507 e. The number of nitrogens with zero attached hydrogens (tertiary/aromatic N) is 3. The van der Waals surface area contributed by atoms with Gasteiger partial charge in [0.1, 0.15) is 11.6 Å². The van der Waals surface area contributed by atoms with Crippen LogP contribution in [0.5, 0.6) is 5.75 Å². The monoisotopic (exact) mass is 835 g/mol. The summed E-state index contributed by atoms with van der Waals surface area (Å²) in [4.78, 5) is 10.6. The van der Waals surface area contributed by atoms with E-state index in [1.807, 2.05) is 30.5 Å². The molecule has 0 radical (unpaired) electrons. The number of imidazole rings is 1. The van der Waals surface area contributed by atoms with Crippen LogP contribution in [-0.4, -0.2) is 19.6 Å². The Morgan fingerprint density at radius 2 is 0.953 bits per heavy atom. The summed E-state index contributed by atoms with van der Waals surface area (Å²) in [6, 6.07) is 60.0. The number of fused-ring (bicyclic) bond motifs is 1. The van der Waals surface area contributed by atoms with E-state index in [-0.39, 0.29) is 22.0 Å². The molecule has 4 heteroatoms. The van der Waals surface area contributed by atoms with Crippen molar-refractivity contribution < 1.29 is 5.11 Å². The summed E-state index contributed by atoms with van der Waals surface area (Å²) in [5.74, 6) is 0.875. The van der Waals surface area contributed by atoms with Crippen LogP contribution < -0.4 is 0 Å². The molecule has 0 amide bonds. The highest BCUT2D eigenvalue weighted by atomic mass is 16.3. The van der Waals surface area contributed by atoms with Gasteiger partial charge in [-0.15, -0.1) is 0 Å². The van der Waals surface area contributed by atoms with Crippen LogP contribution in [-0.2, 0) is 16.2 Å². The molecule has 0 bridgehead atoms. The minimum absolute atomic E-state index is 0.0792. The van der Waals surface area contributed by atoms with Crippen LogP contribution in [0.25, 0.3) is 83.9 Å². The van der Waals surface area contributed by atoms with Crippen LogP contribution in [0.15, 0.2) is 176 Å². The number of benzene rings is 7. The number of hydrogen-bond donors (Lipinski definition) is 1. The van der Waals surface area contributed by atoms with Gasteiger partial charge in [0.15, 0.2) is 0 Å². The van der Waals surface area contributed by atoms with Crippen molar-refractivity contribution in [3.05, 3.63) is 193 Å². The van der Waals surface area contributed by atoms with E-state index < -0.39 is 0 Å². The van der Waals surface area contributed by atoms with E-state index in [9.17, 15) is 5.11 Å². The van der Waals surface area contributed by atoms with Crippen LogP contribution in [0.1, 0.15) is 79.0 Å². The molecule has 7 aromatic carbocycles. The zero-order valence-corrected chi connectivity index (χ0v) is 38.5. The number of rotatable bonds is 7. The zero-order valence-electron chi connectivity index (χ0n) is 38.5. The highest BCUT2D eigenvalue weighted by Gasteiger charge is 2.28. The molecule has 9 aromatic rings. The summed E-state index contributed by atoms with van der Waals surface area (Å²) < 4.78 is 2.28. The first-order chi connectivity index (χ1) is 30.5. The van der Waals surface area contributed by atoms with Crippen LogP contribution >= 0.6 is 0 Å². The molecule has 318 valence electrons. The zero-order chi connectivity index (χ0) is 45.0. The molecule has 0 unspecified atom stereocenters. The Labute approximate surface area is 379 Å². The van der Waals surface area contributed by atoms with Crippen molar-refractivity contribution in [3.63, 3.8) is 0 Å². The van der Waals surface area contributed by atoms with Gasteiger partial charge < -0.3 is 5.11 Å². The van der Waals surface area contributed by atoms with Gasteiger partial charge >= 0.3 is 0 Å².